The zero-order valence-electron chi connectivity index (χ0n) is 15.0. The van der Waals surface area contributed by atoms with Gasteiger partial charge in [-0.2, -0.15) is 0 Å². The van der Waals surface area contributed by atoms with Crippen molar-refractivity contribution in [3.63, 3.8) is 0 Å². The summed E-state index contributed by atoms with van der Waals surface area (Å²) in [6.07, 6.45) is 8.48. The van der Waals surface area contributed by atoms with Crippen molar-refractivity contribution >= 4 is 0 Å². The van der Waals surface area contributed by atoms with Gasteiger partial charge in [-0.15, -0.1) is 0 Å². The second-order valence-corrected chi connectivity index (χ2v) is 7.24. The number of hydrogen-bond acceptors (Lipinski definition) is 4. The van der Waals surface area contributed by atoms with Gasteiger partial charge in [-0.25, -0.2) is 0 Å². The van der Waals surface area contributed by atoms with Crippen LogP contribution >= 0.6 is 0 Å². The topological polar surface area (TPSA) is 41.9 Å². The Morgan fingerprint density at radius 1 is 1.08 bits per heavy atom. The van der Waals surface area contributed by atoms with Crippen LogP contribution < -0.4 is 9.47 Å². The Kier molecular flexibility index (Phi) is 6.01. The van der Waals surface area contributed by atoms with Crippen molar-refractivity contribution < 1.29 is 14.6 Å². The van der Waals surface area contributed by atoms with Crippen LogP contribution in [0.1, 0.15) is 56.6 Å². The third-order valence-electron chi connectivity index (χ3n) is 5.73. The summed E-state index contributed by atoms with van der Waals surface area (Å²) in [5, 5.41) is 10.6. The summed E-state index contributed by atoms with van der Waals surface area (Å²) in [6.45, 7) is 2.15. The Bertz CT molecular complexity index is 530. The molecule has 0 amide bonds. The lowest BCUT2D eigenvalue weighted by Crippen LogP contribution is -2.42. The van der Waals surface area contributed by atoms with Crippen molar-refractivity contribution in [2.24, 2.45) is 5.92 Å². The number of piperidine rings is 1. The summed E-state index contributed by atoms with van der Waals surface area (Å²) < 4.78 is 10.8. The highest BCUT2D eigenvalue weighted by molar-refractivity contribution is 5.44. The number of aliphatic hydroxyl groups excluding tert-OH is 1. The standard InChI is InChI=1S/C20H31NO3/c1-23-18-11-10-16(14-19(18)24-2)20-17(22)9-5-13-21(20)12-4-8-15-6-3-7-15/h10-11,14-15,17,20,22H,3-9,12-13H2,1-2H3/t17-,20-/m1/s1. The SMILES string of the molecule is COc1ccc([C@@H]2[C@H](O)CCCN2CCCC2CCC2)cc1OC. The van der Waals surface area contributed by atoms with Gasteiger partial charge in [0.1, 0.15) is 0 Å². The first-order valence-electron chi connectivity index (χ1n) is 9.37. The summed E-state index contributed by atoms with van der Waals surface area (Å²) >= 11 is 0. The molecule has 4 nitrogen and oxygen atoms in total. The molecule has 1 N–H and O–H groups in total. The van der Waals surface area contributed by atoms with E-state index in [1.165, 1.54) is 32.1 Å². The number of hydrogen-bond donors (Lipinski definition) is 1. The number of nitrogens with zero attached hydrogens (tertiary/aromatic N) is 1. The van der Waals surface area contributed by atoms with E-state index in [4.69, 9.17) is 9.47 Å². The first-order valence-corrected chi connectivity index (χ1v) is 9.37. The predicted octanol–water partition coefficient (Wildman–Crippen LogP) is 3.78. The van der Waals surface area contributed by atoms with Gasteiger partial charge in [0.05, 0.1) is 26.4 Å². The molecule has 1 heterocycles. The molecule has 1 saturated heterocycles. The molecule has 24 heavy (non-hydrogen) atoms. The van der Waals surface area contributed by atoms with Crippen LogP contribution in [0.5, 0.6) is 11.5 Å². The first-order chi connectivity index (χ1) is 11.7. The van der Waals surface area contributed by atoms with Crippen molar-refractivity contribution in [2.45, 2.75) is 57.1 Å². The average molecular weight is 333 g/mol. The normalized spacial score (nSPS) is 25.3. The summed E-state index contributed by atoms with van der Waals surface area (Å²) in [4.78, 5) is 2.47. The number of aliphatic hydroxyl groups is 1. The number of likely N-dealkylation sites (tertiary alicyclic amines) is 1. The number of methoxy groups -OCH3 is 2. The van der Waals surface area contributed by atoms with Gasteiger partial charge in [0.25, 0.3) is 0 Å². The molecule has 2 fully saturated rings. The Hall–Kier alpha value is -1.26. The lowest BCUT2D eigenvalue weighted by atomic mass is 9.82. The molecule has 1 aliphatic heterocycles. The van der Waals surface area contributed by atoms with E-state index in [-0.39, 0.29) is 12.1 Å². The number of benzene rings is 1. The van der Waals surface area contributed by atoms with Crippen molar-refractivity contribution in [1.29, 1.82) is 0 Å². The lowest BCUT2D eigenvalue weighted by molar-refractivity contribution is 0.00785. The molecule has 1 saturated carbocycles. The molecular formula is C20H31NO3. The van der Waals surface area contributed by atoms with Gasteiger partial charge < -0.3 is 14.6 Å². The van der Waals surface area contributed by atoms with Crippen LogP contribution in [0.25, 0.3) is 0 Å². The third-order valence-corrected chi connectivity index (χ3v) is 5.73. The van der Waals surface area contributed by atoms with E-state index >= 15 is 0 Å². The largest absolute Gasteiger partial charge is 0.493 e. The molecule has 134 valence electrons. The smallest absolute Gasteiger partial charge is 0.161 e. The number of rotatable bonds is 7. The molecule has 0 bridgehead atoms. The van der Waals surface area contributed by atoms with Crippen LogP contribution in [0.15, 0.2) is 18.2 Å². The molecule has 2 atom stereocenters. The Balaban J connectivity index is 1.70. The van der Waals surface area contributed by atoms with Gasteiger partial charge >= 0.3 is 0 Å². The van der Waals surface area contributed by atoms with Crippen molar-refractivity contribution in [1.82, 2.24) is 4.90 Å². The molecule has 0 spiro atoms. The van der Waals surface area contributed by atoms with E-state index in [1.54, 1.807) is 14.2 Å². The van der Waals surface area contributed by atoms with E-state index in [0.717, 1.165) is 48.9 Å². The molecule has 0 unspecified atom stereocenters. The minimum atomic E-state index is -0.305. The minimum Gasteiger partial charge on any atom is -0.493 e. The average Bonchev–Trinajstić information content (AvgIpc) is 2.56. The molecule has 4 heteroatoms. The molecule has 1 aromatic carbocycles. The van der Waals surface area contributed by atoms with Crippen LogP contribution in [-0.2, 0) is 0 Å². The molecule has 1 aromatic rings. The zero-order chi connectivity index (χ0) is 16.9. The predicted molar refractivity (Wildman–Crippen MR) is 95.7 cm³/mol. The van der Waals surface area contributed by atoms with Crippen LogP contribution in [0, 0.1) is 5.92 Å². The Labute approximate surface area is 145 Å². The molecule has 2 aliphatic rings. The van der Waals surface area contributed by atoms with Gasteiger partial charge in [0.2, 0.25) is 0 Å². The van der Waals surface area contributed by atoms with Gasteiger partial charge in [-0.1, -0.05) is 25.3 Å². The maximum Gasteiger partial charge on any atom is 0.161 e. The van der Waals surface area contributed by atoms with E-state index in [1.807, 2.05) is 12.1 Å². The van der Waals surface area contributed by atoms with E-state index in [9.17, 15) is 5.11 Å². The molecule has 0 radical (unpaired) electrons. The summed E-state index contributed by atoms with van der Waals surface area (Å²) in [5.74, 6) is 2.43. The summed E-state index contributed by atoms with van der Waals surface area (Å²) in [7, 11) is 3.31. The number of ether oxygens (including phenoxy) is 2. The van der Waals surface area contributed by atoms with Crippen molar-refractivity contribution in [3.8, 4) is 11.5 Å². The van der Waals surface area contributed by atoms with Gasteiger partial charge in [-0.3, -0.25) is 4.90 Å². The van der Waals surface area contributed by atoms with Crippen LogP contribution in [-0.4, -0.2) is 43.4 Å². The zero-order valence-corrected chi connectivity index (χ0v) is 15.0. The van der Waals surface area contributed by atoms with Gasteiger partial charge in [0.15, 0.2) is 11.5 Å². The fourth-order valence-electron chi connectivity index (χ4n) is 4.13. The summed E-state index contributed by atoms with van der Waals surface area (Å²) in [5.41, 5.74) is 1.13. The van der Waals surface area contributed by atoms with Gasteiger partial charge in [0, 0.05) is 0 Å². The molecule has 3 rings (SSSR count). The first kappa shape index (κ1) is 17.6. The van der Waals surface area contributed by atoms with Crippen LogP contribution in [0.3, 0.4) is 0 Å². The second-order valence-electron chi connectivity index (χ2n) is 7.24. The monoisotopic (exact) mass is 333 g/mol. The maximum atomic E-state index is 10.6. The van der Waals surface area contributed by atoms with Crippen LogP contribution in [0.2, 0.25) is 0 Å². The van der Waals surface area contributed by atoms with Crippen molar-refractivity contribution in [2.75, 3.05) is 27.3 Å². The lowest BCUT2D eigenvalue weighted by Gasteiger charge is -2.40. The quantitative estimate of drug-likeness (QED) is 0.824. The minimum absolute atomic E-state index is 0.0694. The van der Waals surface area contributed by atoms with E-state index in [0.29, 0.717) is 0 Å². The molecular weight excluding hydrogens is 302 g/mol. The van der Waals surface area contributed by atoms with E-state index in [2.05, 4.69) is 11.0 Å². The molecule has 1 aliphatic carbocycles. The fourth-order valence-corrected chi connectivity index (χ4v) is 4.13. The van der Waals surface area contributed by atoms with Crippen LogP contribution in [0.4, 0.5) is 0 Å². The van der Waals surface area contributed by atoms with E-state index < -0.39 is 0 Å². The maximum absolute atomic E-state index is 10.6. The molecule has 0 aromatic heterocycles. The summed E-state index contributed by atoms with van der Waals surface area (Å²) in [6, 6.07) is 6.11. The second kappa shape index (κ2) is 8.21. The Morgan fingerprint density at radius 3 is 2.54 bits per heavy atom. The third kappa shape index (κ3) is 3.86. The highest BCUT2D eigenvalue weighted by atomic mass is 16.5. The van der Waals surface area contributed by atoms with Crippen molar-refractivity contribution in [3.05, 3.63) is 23.8 Å². The van der Waals surface area contributed by atoms with Gasteiger partial charge in [-0.05, 0) is 62.4 Å². The Morgan fingerprint density at radius 2 is 1.88 bits per heavy atom. The fraction of sp³-hybridized carbons (Fsp3) is 0.700. The highest BCUT2D eigenvalue weighted by Crippen LogP contribution is 2.37. The highest BCUT2D eigenvalue weighted by Gasteiger charge is 2.32.